The van der Waals surface area contributed by atoms with Gasteiger partial charge in [-0.15, -0.1) is 0 Å². The third-order valence-corrected chi connectivity index (χ3v) is 6.73. The standard InChI is InChI=1S/C32H34N2O3/c1-23(2)20-33-32(35)30-16-15-28(37-30)22-36-27-14-13-25-17-18-34(21-24-9-5-3-6-10-24)31(29(25)19-27)26-11-7-4-8-12-26/h3-16,19,23,31H,17-18,20-22H2,1-2H3,(H,33,35). The van der Waals surface area contributed by atoms with Crippen molar-refractivity contribution in [2.24, 2.45) is 5.92 Å². The number of hydrogen-bond acceptors (Lipinski definition) is 4. The van der Waals surface area contributed by atoms with Gasteiger partial charge in [-0.3, -0.25) is 9.69 Å². The second kappa shape index (κ2) is 11.5. The van der Waals surface area contributed by atoms with Crippen LogP contribution in [0.25, 0.3) is 0 Å². The number of rotatable bonds is 9. The molecule has 1 aromatic heterocycles. The van der Waals surface area contributed by atoms with E-state index in [0.29, 0.717) is 24.0 Å². The molecule has 5 rings (SSSR count). The Labute approximate surface area is 219 Å². The number of furan rings is 1. The lowest BCUT2D eigenvalue weighted by atomic mass is 9.87. The number of carbonyl (C=O) groups excluding carboxylic acids is 1. The molecule has 1 aliphatic rings. The monoisotopic (exact) mass is 494 g/mol. The summed E-state index contributed by atoms with van der Waals surface area (Å²) in [7, 11) is 0. The Morgan fingerprint density at radius 1 is 1.00 bits per heavy atom. The number of amides is 1. The van der Waals surface area contributed by atoms with E-state index >= 15 is 0 Å². The molecule has 4 aromatic rings. The molecule has 1 amide bonds. The lowest BCUT2D eigenvalue weighted by molar-refractivity contribution is 0.0917. The first-order chi connectivity index (χ1) is 18.1. The Balaban J connectivity index is 1.34. The van der Waals surface area contributed by atoms with Crippen LogP contribution in [0.4, 0.5) is 0 Å². The van der Waals surface area contributed by atoms with Crippen LogP contribution in [0.1, 0.15) is 58.5 Å². The average molecular weight is 495 g/mol. The molecular formula is C32H34N2O3. The highest BCUT2D eigenvalue weighted by molar-refractivity contribution is 5.91. The minimum atomic E-state index is -0.196. The predicted molar refractivity (Wildman–Crippen MR) is 145 cm³/mol. The van der Waals surface area contributed by atoms with Crippen LogP contribution in [0.5, 0.6) is 5.75 Å². The van der Waals surface area contributed by atoms with Gasteiger partial charge in [0.05, 0.1) is 6.04 Å². The van der Waals surface area contributed by atoms with Gasteiger partial charge in [0.1, 0.15) is 18.1 Å². The molecule has 190 valence electrons. The van der Waals surface area contributed by atoms with E-state index in [4.69, 9.17) is 9.15 Å². The van der Waals surface area contributed by atoms with Crippen LogP contribution in [0.3, 0.4) is 0 Å². The summed E-state index contributed by atoms with van der Waals surface area (Å²) in [6.07, 6.45) is 0.999. The molecule has 5 nitrogen and oxygen atoms in total. The highest BCUT2D eigenvalue weighted by Gasteiger charge is 2.29. The van der Waals surface area contributed by atoms with Crippen molar-refractivity contribution in [1.29, 1.82) is 0 Å². The van der Waals surface area contributed by atoms with E-state index in [9.17, 15) is 4.79 Å². The number of carbonyl (C=O) groups is 1. The minimum absolute atomic E-state index is 0.147. The molecule has 0 fully saturated rings. The van der Waals surface area contributed by atoms with Gasteiger partial charge in [-0.25, -0.2) is 0 Å². The Bertz CT molecular complexity index is 1310. The molecule has 0 aliphatic carbocycles. The maximum Gasteiger partial charge on any atom is 0.287 e. The van der Waals surface area contributed by atoms with Crippen LogP contribution < -0.4 is 10.1 Å². The third kappa shape index (κ3) is 6.12. The van der Waals surface area contributed by atoms with Crippen molar-refractivity contribution in [3.8, 4) is 5.75 Å². The molecule has 0 saturated carbocycles. The first kappa shape index (κ1) is 24.8. The molecule has 1 unspecified atom stereocenters. The summed E-state index contributed by atoms with van der Waals surface area (Å²) in [6.45, 7) is 6.88. The summed E-state index contributed by atoms with van der Waals surface area (Å²) in [5, 5.41) is 2.88. The van der Waals surface area contributed by atoms with Gasteiger partial charge in [0.25, 0.3) is 5.91 Å². The van der Waals surface area contributed by atoms with Gasteiger partial charge in [-0.1, -0.05) is 80.6 Å². The lowest BCUT2D eigenvalue weighted by Crippen LogP contribution is -2.35. The maximum absolute atomic E-state index is 12.3. The first-order valence-corrected chi connectivity index (χ1v) is 13.0. The summed E-state index contributed by atoms with van der Waals surface area (Å²) in [4.78, 5) is 14.8. The molecule has 0 radical (unpaired) electrons. The number of benzene rings is 3. The Morgan fingerprint density at radius 2 is 1.76 bits per heavy atom. The van der Waals surface area contributed by atoms with Gasteiger partial charge >= 0.3 is 0 Å². The molecule has 1 atom stereocenters. The number of nitrogens with zero attached hydrogens (tertiary/aromatic N) is 1. The highest BCUT2D eigenvalue weighted by atomic mass is 16.5. The van der Waals surface area contributed by atoms with Gasteiger partial charge in [0.2, 0.25) is 0 Å². The second-order valence-electron chi connectivity index (χ2n) is 10.0. The molecule has 0 spiro atoms. The minimum Gasteiger partial charge on any atom is -0.486 e. The predicted octanol–water partition coefficient (Wildman–Crippen LogP) is 6.39. The zero-order valence-electron chi connectivity index (χ0n) is 21.5. The van der Waals surface area contributed by atoms with Crippen LogP contribution in [-0.4, -0.2) is 23.9 Å². The van der Waals surface area contributed by atoms with Crippen molar-refractivity contribution in [1.82, 2.24) is 10.2 Å². The fraction of sp³-hybridized carbons (Fsp3) is 0.281. The Morgan fingerprint density at radius 3 is 2.51 bits per heavy atom. The van der Waals surface area contributed by atoms with Gasteiger partial charge in [-0.05, 0) is 58.9 Å². The lowest BCUT2D eigenvalue weighted by Gasteiger charge is -2.38. The van der Waals surface area contributed by atoms with Gasteiger partial charge in [-0.2, -0.15) is 0 Å². The van der Waals surface area contributed by atoms with Gasteiger partial charge in [0.15, 0.2) is 5.76 Å². The number of hydrogen-bond donors (Lipinski definition) is 1. The van der Waals surface area contributed by atoms with Crippen LogP contribution >= 0.6 is 0 Å². The van der Waals surface area contributed by atoms with E-state index in [0.717, 1.165) is 25.3 Å². The fourth-order valence-corrected chi connectivity index (χ4v) is 4.86. The SMILES string of the molecule is CC(C)CNC(=O)c1ccc(COc2ccc3c(c2)C(c2ccccc2)N(Cc2ccccc2)CC3)o1. The number of fused-ring (bicyclic) bond motifs is 1. The summed E-state index contributed by atoms with van der Waals surface area (Å²) >= 11 is 0. The summed E-state index contributed by atoms with van der Waals surface area (Å²) in [5.74, 6) is 1.92. The van der Waals surface area contributed by atoms with E-state index in [1.165, 1.54) is 22.3 Å². The second-order valence-corrected chi connectivity index (χ2v) is 10.0. The van der Waals surface area contributed by atoms with Gasteiger partial charge in [0, 0.05) is 19.6 Å². The first-order valence-electron chi connectivity index (χ1n) is 13.0. The van der Waals surface area contributed by atoms with E-state index in [-0.39, 0.29) is 18.6 Å². The maximum atomic E-state index is 12.3. The molecular weight excluding hydrogens is 460 g/mol. The third-order valence-electron chi connectivity index (χ3n) is 6.73. The van der Waals surface area contributed by atoms with Crippen molar-refractivity contribution in [3.05, 3.63) is 125 Å². The van der Waals surface area contributed by atoms with Crippen LogP contribution in [0.2, 0.25) is 0 Å². The van der Waals surface area contributed by atoms with Crippen LogP contribution in [0.15, 0.2) is 95.4 Å². The van der Waals surface area contributed by atoms with Crippen molar-refractivity contribution < 1.29 is 13.9 Å². The molecule has 37 heavy (non-hydrogen) atoms. The molecule has 1 aliphatic heterocycles. The van der Waals surface area contributed by atoms with E-state index in [1.54, 1.807) is 12.1 Å². The summed E-state index contributed by atoms with van der Waals surface area (Å²) in [6, 6.07) is 31.4. The van der Waals surface area contributed by atoms with Crippen molar-refractivity contribution in [2.45, 2.75) is 39.5 Å². The van der Waals surface area contributed by atoms with Crippen molar-refractivity contribution >= 4 is 5.91 Å². The summed E-state index contributed by atoms with van der Waals surface area (Å²) < 4.78 is 11.9. The number of nitrogens with one attached hydrogen (secondary N) is 1. The molecule has 0 saturated heterocycles. The van der Waals surface area contributed by atoms with Crippen LogP contribution in [-0.2, 0) is 19.6 Å². The topological polar surface area (TPSA) is 54.7 Å². The quantitative estimate of drug-likeness (QED) is 0.293. The average Bonchev–Trinajstić information content (AvgIpc) is 3.40. The molecule has 5 heteroatoms. The smallest absolute Gasteiger partial charge is 0.287 e. The molecule has 1 N–H and O–H groups in total. The molecule has 2 heterocycles. The summed E-state index contributed by atoms with van der Waals surface area (Å²) in [5.41, 5.74) is 5.22. The largest absolute Gasteiger partial charge is 0.486 e. The molecule has 0 bridgehead atoms. The van der Waals surface area contributed by atoms with Crippen LogP contribution in [0, 0.1) is 5.92 Å². The van der Waals surface area contributed by atoms with E-state index in [1.807, 2.05) is 6.07 Å². The van der Waals surface area contributed by atoms with Gasteiger partial charge < -0.3 is 14.5 Å². The number of ether oxygens (including phenoxy) is 1. The zero-order chi connectivity index (χ0) is 25.6. The normalized spacial score (nSPS) is 15.4. The van der Waals surface area contributed by atoms with Crippen molar-refractivity contribution in [3.63, 3.8) is 0 Å². The Kier molecular flexibility index (Phi) is 7.71. The van der Waals surface area contributed by atoms with E-state index in [2.05, 4.69) is 96.9 Å². The van der Waals surface area contributed by atoms with E-state index < -0.39 is 0 Å². The fourth-order valence-electron chi connectivity index (χ4n) is 4.86. The Hall–Kier alpha value is -3.83. The molecule has 3 aromatic carbocycles. The van der Waals surface area contributed by atoms with Crippen molar-refractivity contribution in [2.75, 3.05) is 13.1 Å². The zero-order valence-corrected chi connectivity index (χ0v) is 21.5. The highest BCUT2D eigenvalue weighted by Crippen LogP contribution is 2.38.